The molecule has 20 heavy (non-hydrogen) atoms. The molecular weight excluding hydrogens is 283 g/mol. The fraction of sp³-hybridized carbons (Fsp3) is 0.818. The van der Waals surface area contributed by atoms with Crippen LogP contribution >= 0.6 is 0 Å². The van der Waals surface area contributed by atoms with Gasteiger partial charge in [-0.2, -0.15) is 13.2 Å². The second kappa shape index (κ2) is 4.88. The van der Waals surface area contributed by atoms with Gasteiger partial charge in [0.1, 0.15) is 5.54 Å². The zero-order chi connectivity index (χ0) is 15.0. The Balaban J connectivity index is 2.09. The number of carboxylic acids is 1. The Bertz CT molecular complexity index is 407. The van der Waals surface area contributed by atoms with Crippen molar-refractivity contribution < 1.29 is 37.3 Å². The van der Waals surface area contributed by atoms with Gasteiger partial charge in [0.05, 0.1) is 13.2 Å². The predicted octanol–water partition coefficient (Wildman–Crippen LogP) is 0.805. The summed E-state index contributed by atoms with van der Waals surface area (Å²) >= 11 is 0. The van der Waals surface area contributed by atoms with Gasteiger partial charge in [-0.15, -0.1) is 0 Å². The number of alkyl halides is 3. The van der Waals surface area contributed by atoms with Gasteiger partial charge >= 0.3 is 18.1 Å². The van der Waals surface area contributed by atoms with Crippen LogP contribution in [0.1, 0.15) is 25.7 Å². The Morgan fingerprint density at radius 1 is 1.05 bits per heavy atom. The molecule has 0 atom stereocenters. The molecule has 1 spiro atoms. The fourth-order valence-corrected chi connectivity index (χ4v) is 2.52. The number of carboxylic acid groups (broad SMARTS) is 1. The van der Waals surface area contributed by atoms with Crippen molar-refractivity contribution in [3.8, 4) is 0 Å². The van der Waals surface area contributed by atoms with Gasteiger partial charge in [-0.1, -0.05) is 0 Å². The minimum atomic E-state index is -5.11. The molecule has 6 nitrogen and oxygen atoms in total. The molecule has 2 rings (SSSR count). The third kappa shape index (κ3) is 2.73. The second-order valence-corrected chi connectivity index (χ2v) is 4.95. The molecule has 1 heterocycles. The van der Waals surface area contributed by atoms with Crippen LogP contribution in [0.25, 0.3) is 0 Å². The van der Waals surface area contributed by atoms with Crippen molar-refractivity contribution in [1.82, 2.24) is 5.32 Å². The molecule has 0 unspecified atom stereocenters. The molecule has 0 aromatic heterocycles. The average molecular weight is 297 g/mol. The molecule has 1 saturated carbocycles. The maximum atomic E-state index is 12.3. The van der Waals surface area contributed by atoms with Crippen molar-refractivity contribution in [2.75, 3.05) is 13.2 Å². The van der Waals surface area contributed by atoms with E-state index in [0.29, 0.717) is 13.2 Å². The molecule has 1 aliphatic heterocycles. The highest BCUT2D eigenvalue weighted by Gasteiger charge is 2.53. The van der Waals surface area contributed by atoms with E-state index in [-0.39, 0.29) is 25.7 Å². The third-order valence-corrected chi connectivity index (χ3v) is 3.70. The average Bonchev–Trinajstić information content (AvgIpc) is 2.80. The number of hydrogen-bond donors (Lipinski definition) is 2. The third-order valence-electron chi connectivity index (χ3n) is 3.70. The number of hydrogen-bond acceptors (Lipinski definition) is 4. The Labute approximate surface area is 112 Å². The quantitative estimate of drug-likeness (QED) is 0.787. The summed E-state index contributed by atoms with van der Waals surface area (Å²) in [5.41, 5.74) is -1.92. The number of carbonyl (C=O) groups is 2. The van der Waals surface area contributed by atoms with Gasteiger partial charge in [-0.25, -0.2) is 4.79 Å². The summed E-state index contributed by atoms with van der Waals surface area (Å²) < 4.78 is 47.6. The summed E-state index contributed by atoms with van der Waals surface area (Å²) in [5, 5.41) is 10.8. The van der Waals surface area contributed by atoms with E-state index >= 15 is 0 Å². The molecule has 0 radical (unpaired) electrons. The highest BCUT2D eigenvalue weighted by molar-refractivity contribution is 5.89. The maximum absolute atomic E-state index is 12.3. The van der Waals surface area contributed by atoms with Crippen LogP contribution in [0, 0.1) is 0 Å². The van der Waals surface area contributed by atoms with E-state index < -0.39 is 29.4 Å². The lowest BCUT2D eigenvalue weighted by Gasteiger charge is -2.41. The Morgan fingerprint density at radius 2 is 1.55 bits per heavy atom. The molecule has 2 N–H and O–H groups in total. The van der Waals surface area contributed by atoms with E-state index in [4.69, 9.17) is 9.47 Å². The minimum absolute atomic E-state index is 0.122. The van der Waals surface area contributed by atoms with E-state index in [1.54, 1.807) is 5.32 Å². The van der Waals surface area contributed by atoms with Crippen molar-refractivity contribution in [3.63, 3.8) is 0 Å². The first-order chi connectivity index (χ1) is 9.19. The first kappa shape index (κ1) is 15.0. The molecule has 1 amide bonds. The van der Waals surface area contributed by atoms with E-state index in [1.807, 2.05) is 0 Å². The monoisotopic (exact) mass is 297 g/mol. The van der Waals surface area contributed by atoms with Crippen molar-refractivity contribution in [2.45, 2.75) is 43.2 Å². The van der Waals surface area contributed by atoms with Crippen LogP contribution in [-0.4, -0.2) is 47.7 Å². The summed E-state index contributed by atoms with van der Waals surface area (Å²) in [7, 11) is 0. The van der Waals surface area contributed by atoms with Crippen LogP contribution in [0.2, 0.25) is 0 Å². The fourth-order valence-electron chi connectivity index (χ4n) is 2.52. The SMILES string of the molecule is O=C(NC1(C(=O)O)CCC2(CC1)OCCO2)C(F)(F)F. The Morgan fingerprint density at radius 3 is 1.95 bits per heavy atom. The number of amides is 1. The van der Waals surface area contributed by atoms with Crippen LogP contribution < -0.4 is 5.32 Å². The van der Waals surface area contributed by atoms with Crippen LogP contribution in [0.4, 0.5) is 13.2 Å². The Hall–Kier alpha value is -1.35. The number of nitrogens with one attached hydrogen (secondary N) is 1. The van der Waals surface area contributed by atoms with Crippen molar-refractivity contribution >= 4 is 11.9 Å². The van der Waals surface area contributed by atoms with Gasteiger partial charge < -0.3 is 19.9 Å². The molecular formula is C11H14F3NO5. The lowest BCUT2D eigenvalue weighted by molar-refractivity contribution is -0.196. The normalized spacial score (nSPS) is 24.6. The molecule has 1 saturated heterocycles. The summed E-state index contributed by atoms with van der Waals surface area (Å²) in [6, 6.07) is 0. The first-order valence-electron chi connectivity index (χ1n) is 6.10. The maximum Gasteiger partial charge on any atom is 0.471 e. The smallest absolute Gasteiger partial charge is 0.471 e. The summed E-state index contributed by atoms with van der Waals surface area (Å²) in [4.78, 5) is 22.3. The summed E-state index contributed by atoms with van der Waals surface area (Å²) in [6.45, 7) is 0.740. The number of halogens is 3. The zero-order valence-corrected chi connectivity index (χ0v) is 10.5. The lowest BCUT2D eigenvalue weighted by Crippen LogP contribution is -2.61. The molecule has 0 aromatic carbocycles. The molecule has 1 aliphatic carbocycles. The van der Waals surface area contributed by atoms with Gasteiger partial charge in [-0.3, -0.25) is 4.79 Å². The zero-order valence-electron chi connectivity index (χ0n) is 10.5. The van der Waals surface area contributed by atoms with E-state index in [9.17, 15) is 27.9 Å². The summed E-state index contributed by atoms with van der Waals surface area (Å²) in [5.74, 6) is -4.64. The molecule has 114 valence electrons. The molecule has 2 fully saturated rings. The van der Waals surface area contributed by atoms with Gasteiger partial charge in [0, 0.05) is 12.8 Å². The highest BCUT2D eigenvalue weighted by atomic mass is 19.4. The number of aliphatic carboxylic acids is 1. The van der Waals surface area contributed by atoms with Gasteiger partial charge in [-0.05, 0) is 12.8 Å². The summed E-state index contributed by atoms with van der Waals surface area (Å²) in [6.07, 6.45) is -5.22. The van der Waals surface area contributed by atoms with E-state index in [2.05, 4.69) is 0 Å². The highest BCUT2D eigenvalue weighted by Crippen LogP contribution is 2.40. The van der Waals surface area contributed by atoms with E-state index in [0.717, 1.165) is 0 Å². The lowest BCUT2D eigenvalue weighted by atomic mass is 9.78. The van der Waals surface area contributed by atoms with Gasteiger partial charge in [0.25, 0.3) is 0 Å². The number of rotatable bonds is 2. The van der Waals surface area contributed by atoms with Crippen LogP contribution in [-0.2, 0) is 19.1 Å². The molecule has 0 bridgehead atoms. The van der Waals surface area contributed by atoms with Crippen LogP contribution in [0.5, 0.6) is 0 Å². The second-order valence-electron chi connectivity index (χ2n) is 4.95. The molecule has 9 heteroatoms. The first-order valence-corrected chi connectivity index (χ1v) is 6.10. The predicted molar refractivity (Wildman–Crippen MR) is 57.7 cm³/mol. The van der Waals surface area contributed by atoms with E-state index in [1.165, 1.54) is 0 Å². The largest absolute Gasteiger partial charge is 0.480 e. The van der Waals surface area contributed by atoms with Crippen molar-refractivity contribution in [1.29, 1.82) is 0 Å². The number of ether oxygens (including phenoxy) is 2. The molecule has 2 aliphatic rings. The van der Waals surface area contributed by atoms with Gasteiger partial charge in [0.15, 0.2) is 5.79 Å². The number of carbonyl (C=O) groups excluding carboxylic acids is 1. The minimum Gasteiger partial charge on any atom is -0.480 e. The molecule has 0 aromatic rings. The van der Waals surface area contributed by atoms with Crippen molar-refractivity contribution in [2.24, 2.45) is 0 Å². The van der Waals surface area contributed by atoms with Crippen molar-refractivity contribution in [3.05, 3.63) is 0 Å². The van der Waals surface area contributed by atoms with Crippen LogP contribution in [0.15, 0.2) is 0 Å². The van der Waals surface area contributed by atoms with Crippen LogP contribution in [0.3, 0.4) is 0 Å². The Kier molecular flexibility index (Phi) is 3.67. The van der Waals surface area contributed by atoms with Gasteiger partial charge in [0.2, 0.25) is 0 Å². The standard InChI is InChI=1S/C11H14F3NO5/c12-11(13,14)7(16)15-9(8(17)18)1-3-10(4-2-9)19-5-6-20-10/h1-6H2,(H,15,16)(H,17,18). The topological polar surface area (TPSA) is 84.9 Å².